The molecule has 2 amide bonds. The summed E-state index contributed by atoms with van der Waals surface area (Å²) in [6.07, 6.45) is 0. The minimum atomic E-state index is -0.312. The topological polar surface area (TPSA) is 59.6 Å². The number of hydrogen-bond donors (Lipinski definition) is 2. The zero-order valence-electron chi connectivity index (χ0n) is 14.4. The van der Waals surface area contributed by atoms with Crippen molar-refractivity contribution in [3.8, 4) is 5.75 Å². The van der Waals surface area contributed by atoms with Gasteiger partial charge in [-0.1, -0.05) is 24.3 Å². The molecule has 0 aliphatic carbocycles. The smallest absolute Gasteiger partial charge is 0.315 e. The number of urea groups is 1. The molecule has 1 unspecified atom stereocenters. The van der Waals surface area contributed by atoms with Gasteiger partial charge in [0, 0.05) is 13.7 Å². The van der Waals surface area contributed by atoms with Crippen molar-refractivity contribution in [2.24, 2.45) is 0 Å². The van der Waals surface area contributed by atoms with E-state index in [4.69, 9.17) is 9.47 Å². The van der Waals surface area contributed by atoms with Gasteiger partial charge in [-0.3, -0.25) is 0 Å². The van der Waals surface area contributed by atoms with Crippen LogP contribution in [0.25, 0.3) is 0 Å². The molecule has 0 heterocycles. The van der Waals surface area contributed by atoms with E-state index in [2.05, 4.69) is 10.6 Å². The molecule has 0 spiro atoms. The van der Waals surface area contributed by atoms with Crippen LogP contribution in [0.4, 0.5) is 9.18 Å². The van der Waals surface area contributed by atoms with Crippen molar-refractivity contribution in [3.63, 3.8) is 0 Å². The van der Waals surface area contributed by atoms with Gasteiger partial charge in [0.1, 0.15) is 18.2 Å². The third-order valence-electron chi connectivity index (χ3n) is 3.48. The summed E-state index contributed by atoms with van der Waals surface area (Å²) in [4.78, 5) is 11.9. The standard InChI is InChI=1S/C19H23FN2O3/c1-14(12-25-18-9-7-17(20)8-10-18)22-19(23)21-11-15-3-5-16(6-4-15)13-24-2/h3-10,14H,11-13H2,1-2H3,(H2,21,22,23). The molecule has 2 aromatic rings. The number of carbonyl (C=O) groups excluding carboxylic acids is 1. The highest BCUT2D eigenvalue weighted by atomic mass is 19.1. The van der Waals surface area contributed by atoms with Crippen LogP contribution in [0.2, 0.25) is 0 Å². The Kier molecular flexibility index (Phi) is 7.22. The lowest BCUT2D eigenvalue weighted by atomic mass is 10.1. The molecule has 2 aromatic carbocycles. The van der Waals surface area contributed by atoms with E-state index in [1.807, 2.05) is 31.2 Å². The molecule has 1 atom stereocenters. The fourth-order valence-corrected chi connectivity index (χ4v) is 2.17. The van der Waals surface area contributed by atoms with Crippen LogP contribution in [0.15, 0.2) is 48.5 Å². The summed E-state index contributed by atoms with van der Waals surface area (Å²) >= 11 is 0. The second-order valence-electron chi connectivity index (χ2n) is 5.74. The molecule has 0 aromatic heterocycles. The Morgan fingerprint density at radius 3 is 2.36 bits per heavy atom. The summed E-state index contributed by atoms with van der Waals surface area (Å²) in [7, 11) is 1.65. The molecule has 25 heavy (non-hydrogen) atoms. The van der Waals surface area contributed by atoms with E-state index in [9.17, 15) is 9.18 Å². The summed E-state index contributed by atoms with van der Waals surface area (Å²) in [6, 6.07) is 13.2. The van der Waals surface area contributed by atoms with Crippen molar-refractivity contribution in [3.05, 3.63) is 65.5 Å². The molecule has 0 fully saturated rings. The number of halogens is 1. The second kappa shape index (κ2) is 9.64. The van der Waals surface area contributed by atoms with Crippen LogP contribution < -0.4 is 15.4 Å². The van der Waals surface area contributed by atoms with Crippen LogP contribution in [-0.2, 0) is 17.9 Å². The molecule has 2 rings (SSSR count). The number of carbonyl (C=O) groups is 1. The van der Waals surface area contributed by atoms with E-state index >= 15 is 0 Å². The molecule has 0 radical (unpaired) electrons. The molecule has 0 saturated heterocycles. The third kappa shape index (κ3) is 6.81. The Morgan fingerprint density at radius 2 is 1.72 bits per heavy atom. The van der Waals surface area contributed by atoms with Crippen molar-refractivity contribution in [1.82, 2.24) is 10.6 Å². The summed E-state index contributed by atoms with van der Waals surface area (Å²) in [5.41, 5.74) is 2.09. The predicted molar refractivity (Wildman–Crippen MR) is 93.9 cm³/mol. The summed E-state index contributed by atoms with van der Waals surface area (Å²) in [6.45, 7) is 3.14. The highest BCUT2D eigenvalue weighted by molar-refractivity contribution is 5.74. The Balaban J connectivity index is 1.69. The average Bonchev–Trinajstić information content (AvgIpc) is 2.61. The van der Waals surface area contributed by atoms with Crippen LogP contribution in [0.1, 0.15) is 18.1 Å². The number of amides is 2. The van der Waals surface area contributed by atoms with Gasteiger partial charge in [0.15, 0.2) is 0 Å². The number of ether oxygens (including phenoxy) is 2. The number of methoxy groups -OCH3 is 1. The zero-order chi connectivity index (χ0) is 18.1. The normalized spacial score (nSPS) is 11.6. The maximum absolute atomic E-state index is 12.8. The highest BCUT2D eigenvalue weighted by Crippen LogP contribution is 2.11. The number of hydrogen-bond acceptors (Lipinski definition) is 3. The second-order valence-corrected chi connectivity index (χ2v) is 5.74. The lowest BCUT2D eigenvalue weighted by Crippen LogP contribution is -2.42. The molecule has 6 heteroatoms. The van der Waals surface area contributed by atoms with Gasteiger partial charge in [0.2, 0.25) is 0 Å². The Morgan fingerprint density at radius 1 is 1.08 bits per heavy atom. The van der Waals surface area contributed by atoms with Crippen LogP contribution in [0.3, 0.4) is 0 Å². The van der Waals surface area contributed by atoms with Gasteiger partial charge >= 0.3 is 6.03 Å². The first-order chi connectivity index (χ1) is 12.1. The fraction of sp³-hybridized carbons (Fsp3) is 0.316. The lowest BCUT2D eigenvalue weighted by molar-refractivity contribution is 0.185. The number of nitrogens with one attached hydrogen (secondary N) is 2. The predicted octanol–water partition coefficient (Wildman–Crippen LogP) is 3.24. The van der Waals surface area contributed by atoms with Crippen LogP contribution in [0, 0.1) is 5.82 Å². The van der Waals surface area contributed by atoms with Gasteiger partial charge in [-0.2, -0.15) is 0 Å². The molecular formula is C19H23FN2O3. The van der Waals surface area contributed by atoms with Crippen LogP contribution >= 0.6 is 0 Å². The largest absolute Gasteiger partial charge is 0.491 e. The van der Waals surface area contributed by atoms with Gasteiger partial charge in [-0.05, 0) is 42.3 Å². The summed E-state index contributed by atoms with van der Waals surface area (Å²) in [5.74, 6) is 0.250. The zero-order valence-corrected chi connectivity index (χ0v) is 14.4. The van der Waals surface area contributed by atoms with Gasteiger partial charge in [-0.25, -0.2) is 9.18 Å². The quantitative estimate of drug-likeness (QED) is 0.771. The third-order valence-corrected chi connectivity index (χ3v) is 3.48. The molecule has 134 valence electrons. The van der Waals surface area contributed by atoms with Gasteiger partial charge in [-0.15, -0.1) is 0 Å². The van der Waals surface area contributed by atoms with Gasteiger partial charge in [0.05, 0.1) is 12.6 Å². The minimum Gasteiger partial charge on any atom is -0.491 e. The fourth-order valence-electron chi connectivity index (χ4n) is 2.17. The van der Waals surface area contributed by atoms with Crippen molar-refractivity contribution < 1.29 is 18.7 Å². The Bertz CT molecular complexity index is 659. The molecule has 5 nitrogen and oxygen atoms in total. The summed E-state index contributed by atoms with van der Waals surface area (Å²) in [5, 5.41) is 5.59. The molecule has 0 saturated carbocycles. The molecule has 0 aliphatic rings. The SMILES string of the molecule is COCc1ccc(CNC(=O)NC(C)COc2ccc(F)cc2)cc1. The maximum Gasteiger partial charge on any atom is 0.315 e. The van der Waals surface area contributed by atoms with Crippen LogP contribution in [0.5, 0.6) is 5.75 Å². The van der Waals surface area contributed by atoms with Gasteiger partial charge in [0.25, 0.3) is 0 Å². The average molecular weight is 346 g/mol. The minimum absolute atomic E-state index is 0.186. The van der Waals surface area contributed by atoms with Crippen molar-refractivity contribution in [2.75, 3.05) is 13.7 Å². The van der Waals surface area contributed by atoms with E-state index in [0.29, 0.717) is 25.5 Å². The Labute approximate surface area is 147 Å². The Hall–Kier alpha value is -2.60. The van der Waals surface area contributed by atoms with E-state index in [-0.39, 0.29) is 17.9 Å². The molecule has 2 N–H and O–H groups in total. The first kappa shape index (κ1) is 18.7. The van der Waals surface area contributed by atoms with Crippen LogP contribution in [-0.4, -0.2) is 25.8 Å². The van der Waals surface area contributed by atoms with E-state index in [1.54, 1.807) is 19.2 Å². The highest BCUT2D eigenvalue weighted by Gasteiger charge is 2.08. The lowest BCUT2D eigenvalue weighted by Gasteiger charge is -2.15. The summed E-state index contributed by atoms with van der Waals surface area (Å²) < 4.78 is 23.4. The van der Waals surface area contributed by atoms with E-state index in [0.717, 1.165) is 11.1 Å². The first-order valence-electron chi connectivity index (χ1n) is 8.06. The van der Waals surface area contributed by atoms with Crippen molar-refractivity contribution in [2.45, 2.75) is 26.1 Å². The molecular weight excluding hydrogens is 323 g/mol. The van der Waals surface area contributed by atoms with Crippen molar-refractivity contribution in [1.29, 1.82) is 0 Å². The van der Waals surface area contributed by atoms with Gasteiger partial charge < -0.3 is 20.1 Å². The maximum atomic E-state index is 12.8. The van der Waals surface area contributed by atoms with E-state index < -0.39 is 0 Å². The number of benzene rings is 2. The van der Waals surface area contributed by atoms with E-state index in [1.165, 1.54) is 12.1 Å². The monoisotopic (exact) mass is 346 g/mol. The molecule has 0 aliphatic heterocycles. The van der Waals surface area contributed by atoms with Crippen molar-refractivity contribution >= 4 is 6.03 Å². The molecule has 0 bridgehead atoms. The first-order valence-corrected chi connectivity index (χ1v) is 8.06. The number of rotatable bonds is 8.